The Morgan fingerprint density at radius 1 is 1.00 bits per heavy atom. The number of carbonyl (C=O) groups excluding carboxylic acids is 1. The maximum atomic E-state index is 12.0. The Kier molecular flexibility index (Phi) is 3.65. The molecule has 0 unspecified atom stereocenters. The van der Waals surface area contributed by atoms with Gasteiger partial charge in [-0.2, -0.15) is 0 Å². The van der Waals surface area contributed by atoms with Crippen LogP contribution in [0.5, 0.6) is 0 Å². The molecule has 1 aliphatic rings. The minimum absolute atomic E-state index is 0.0565. The zero-order valence-corrected chi connectivity index (χ0v) is 11.2. The molecule has 1 amide bonds. The number of hydrogen-bond acceptors (Lipinski definition) is 3. The van der Waals surface area contributed by atoms with Gasteiger partial charge in [0.05, 0.1) is 5.54 Å². The molecule has 0 aromatic carbocycles. The first kappa shape index (κ1) is 13.5. The average Bonchev–Trinajstić information content (AvgIpc) is 2.14. The molecule has 1 heterocycles. The summed E-state index contributed by atoms with van der Waals surface area (Å²) in [5, 5.41) is 0. The van der Waals surface area contributed by atoms with E-state index in [9.17, 15) is 4.79 Å². The Morgan fingerprint density at radius 3 is 1.75 bits per heavy atom. The Bertz CT molecular complexity index is 254. The fourth-order valence-electron chi connectivity index (χ4n) is 1.99. The van der Waals surface area contributed by atoms with Crippen LogP contribution >= 0.6 is 0 Å². The third-order valence-corrected chi connectivity index (χ3v) is 3.07. The van der Waals surface area contributed by atoms with Crippen molar-refractivity contribution in [2.75, 3.05) is 26.2 Å². The lowest BCUT2D eigenvalue weighted by Crippen LogP contribution is -2.59. The maximum absolute atomic E-state index is 12.0. The van der Waals surface area contributed by atoms with E-state index >= 15 is 0 Å². The smallest absolute Gasteiger partial charge is 0.242 e. The lowest BCUT2D eigenvalue weighted by molar-refractivity contribution is -0.138. The first-order valence-electron chi connectivity index (χ1n) is 5.95. The van der Waals surface area contributed by atoms with Crippen LogP contribution in [-0.4, -0.2) is 53.0 Å². The van der Waals surface area contributed by atoms with E-state index in [0.29, 0.717) is 0 Å². The van der Waals surface area contributed by atoms with Crippen LogP contribution in [0.2, 0.25) is 0 Å². The summed E-state index contributed by atoms with van der Waals surface area (Å²) >= 11 is 0. The van der Waals surface area contributed by atoms with E-state index in [2.05, 4.69) is 25.7 Å². The normalized spacial score (nSPS) is 20.0. The molecule has 1 rings (SSSR count). The zero-order valence-electron chi connectivity index (χ0n) is 11.2. The van der Waals surface area contributed by atoms with E-state index in [4.69, 9.17) is 5.73 Å². The molecule has 0 bridgehead atoms. The summed E-state index contributed by atoms with van der Waals surface area (Å²) in [5.74, 6) is 0.0565. The van der Waals surface area contributed by atoms with Crippen molar-refractivity contribution >= 4 is 5.91 Å². The van der Waals surface area contributed by atoms with Crippen LogP contribution in [0, 0.1) is 0 Å². The minimum Gasteiger partial charge on any atom is -0.339 e. The second kappa shape index (κ2) is 4.34. The highest BCUT2D eigenvalue weighted by Crippen LogP contribution is 2.17. The predicted molar refractivity (Wildman–Crippen MR) is 66.2 cm³/mol. The molecule has 0 atom stereocenters. The molecule has 1 aliphatic heterocycles. The first-order chi connectivity index (χ1) is 7.12. The van der Waals surface area contributed by atoms with Crippen molar-refractivity contribution in [3.8, 4) is 0 Å². The van der Waals surface area contributed by atoms with Crippen molar-refractivity contribution < 1.29 is 4.79 Å². The van der Waals surface area contributed by atoms with Crippen LogP contribution < -0.4 is 5.73 Å². The molecule has 2 N–H and O–H groups in total. The fraction of sp³-hybridized carbons (Fsp3) is 0.917. The highest BCUT2D eigenvalue weighted by atomic mass is 16.2. The van der Waals surface area contributed by atoms with Gasteiger partial charge in [0, 0.05) is 31.7 Å². The molecule has 0 aromatic heterocycles. The van der Waals surface area contributed by atoms with Gasteiger partial charge in [-0.1, -0.05) is 0 Å². The van der Waals surface area contributed by atoms with Crippen molar-refractivity contribution in [2.45, 2.75) is 45.7 Å². The topological polar surface area (TPSA) is 49.6 Å². The SMILES string of the molecule is CC(C)(N)C(=O)N1CCN(C(C)(C)C)CC1. The van der Waals surface area contributed by atoms with Gasteiger partial charge >= 0.3 is 0 Å². The van der Waals surface area contributed by atoms with Gasteiger partial charge in [0.25, 0.3) is 0 Å². The number of nitrogens with two attached hydrogens (primary N) is 1. The molecule has 4 nitrogen and oxygen atoms in total. The minimum atomic E-state index is -0.746. The maximum Gasteiger partial charge on any atom is 0.242 e. The van der Waals surface area contributed by atoms with Crippen LogP contribution in [-0.2, 0) is 4.79 Å². The zero-order chi connectivity index (χ0) is 12.6. The summed E-state index contributed by atoms with van der Waals surface area (Å²) in [4.78, 5) is 16.2. The number of carbonyl (C=O) groups is 1. The molecule has 0 aromatic rings. The molecule has 1 saturated heterocycles. The molecule has 0 aliphatic carbocycles. The van der Waals surface area contributed by atoms with E-state index in [1.807, 2.05) is 4.90 Å². The van der Waals surface area contributed by atoms with Crippen molar-refractivity contribution in [1.29, 1.82) is 0 Å². The molecule has 0 saturated carbocycles. The van der Waals surface area contributed by atoms with Gasteiger partial charge < -0.3 is 10.6 Å². The van der Waals surface area contributed by atoms with E-state index in [1.165, 1.54) is 0 Å². The van der Waals surface area contributed by atoms with Crippen LogP contribution in [0.1, 0.15) is 34.6 Å². The summed E-state index contributed by atoms with van der Waals surface area (Å²) in [6, 6.07) is 0. The van der Waals surface area contributed by atoms with Gasteiger partial charge in [-0.3, -0.25) is 9.69 Å². The molecular formula is C12H25N3O. The number of nitrogens with zero attached hydrogens (tertiary/aromatic N) is 2. The molecule has 0 radical (unpaired) electrons. The lowest BCUT2D eigenvalue weighted by Gasteiger charge is -2.43. The van der Waals surface area contributed by atoms with Crippen molar-refractivity contribution in [3.63, 3.8) is 0 Å². The van der Waals surface area contributed by atoms with E-state index in [0.717, 1.165) is 26.2 Å². The Hall–Kier alpha value is -0.610. The summed E-state index contributed by atoms with van der Waals surface area (Å²) in [6.07, 6.45) is 0. The van der Waals surface area contributed by atoms with E-state index in [-0.39, 0.29) is 11.4 Å². The van der Waals surface area contributed by atoms with Crippen molar-refractivity contribution in [3.05, 3.63) is 0 Å². The number of hydrogen-bond donors (Lipinski definition) is 1. The van der Waals surface area contributed by atoms with Crippen LogP contribution in [0.25, 0.3) is 0 Å². The largest absolute Gasteiger partial charge is 0.339 e. The van der Waals surface area contributed by atoms with Crippen LogP contribution in [0.3, 0.4) is 0 Å². The molecule has 0 spiro atoms. The van der Waals surface area contributed by atoms with Gasteiger partial charge in [0.15, 0.2) is 0 Å². The van der Waals surface area contributed by atoms with Crippen LogP contribution in [0.15, 0.2) is 0 Å². The molecular weight excluding hydrogens is 202 g/mol. The van der Waals surface area contributed by atoms with E-state index < -0.39 is 5.54 Å². The second-order valence-electron chi connectivity index (χ2n) is 6.17. The third kappa shape index (κ3) is 3.19. The van der Waals surface area contributed by atoms with E-state index in [1.54, 1.807) is 13.8 Å². The van der Waals surface area contributed by atoms with Gasteiger partial charge in [-0.25, -0.2) is 0 Å². The Balaban J connectivity index is 2.53. The van der Waals surface area contributed by atoms with Crippen LogP contribution in [0.4, 0.5) is 0 Å². The number of rotatable bonds is 1. The highest BCUT2D eigenvalue weighted by Gasteiger charge is 2.32. The van der Waals surface area contributed by atoms with Crippen molar-refractivity contribution in [1.82, 2.24) is 9.80 Å². The molecule has 16 heavy (non-hydrogen) atoms. The quantitative estimate of drug-likeness (QED) is 0.716. The highest BCUT2D eigenvalue weighted by molar-refractivity contribution is 5.85. The summed E-state index contributed by atoms with van der Waals surface area (Å²) in [5.41, 5.74) is 5.27. The standard InChI is InChI=1S/C12H25N3O/c1-11(2,3)15-8-6-14(7-9-15)10(16)12(4,5)13/h6-9,13H2,1-5H3. The second-order valence-corrected chi connectivity index (χ2v) is 6.17. The number of amides is 1. The van der Waals surface area contributed by atoms with Gasteiger partial charge in [-0.15, -0.1) is 0 Å². The monoisotopic (exact) mass is 227 g/mol. The molecule has 94 valence electrons. The molecule has 1 fully saturated rings. The Morgan fingerprint density at radius 2 is 1.44 bits per heavy atom. The summed E-state index contributed by atoms with van der Waals surface area (Å²) in [6.45, 7) is 13.6. The van der Waals surface area contributed by atoms with Crippen molar-refractivity contribution in [2.24, 2.45) is 5.73 Å². The fourth-order valence-corrected chi connectivity index (χ4v) is 1.99. The summed E-state index contributed by atoms with van der Waals surface area (Å²) in [7, 11) is 0. The Labute approximate surface area is 98.8 Å². The predicted octanol–water partition coefficient (Wildman–Crippen LogP) is 0.666. The van der Waals surface area contributed by atoms with Gasteiger partial charge in [-0.05, 0) is 34.6 Å². The van der Waals surface area contributed by atoms with Gasteiger partial charge in [0.1, 0.15) is 0 Å². The lowest BCUT2D eigenvalue weighted by atomic mass is 10.0. The summed E-state index contributed by atoms with van der Waals surface area (Å²) < 4.78 is 0. The first-order valence-corrected chi connectivity index (χ1v) is 5.95. The van der Waals surface area contributed by atoms with Gasteiger partial charge in [0.2, 0.25) is 5.91 Å². The average molecular weight is 227 g/mol. The third-order valence-electron chi connectivity index (χ3n) is 3.07. The molecule has 4 heteroatoms. The number of piperazine rings is 1.